The molecule has 0 spiro atoms. The molecule has 14 heteroatoms. The van der Waals surface area contributed by atoms with Gasteiger partial charge in [0.2, 0.25) is 5.06 Å². The van der Waals surface area contributed by atoms with Gasteiger partial charge < -0.3 is 23.4 Å². The van der Waals surface area contributed by atoms with Crippen LogP contribution in [0.25, 0.3) is 0 Å². The van der Waals surface area contributed by atoms with E-state index in [2.05, 4.69) is 38.8 Å². The lowest BCUT2D eigenvalue weighted by Crippen LogP contribution is -2.49. The molecule has 0 radical (unpaired) electrons. The fourth-order valence-electron chi connectivity index (χ4n) is 4.60. The number of nitrogens with zero attached hydrogens (tertiary/aromatic N) is 3. The molecule has 2 aromatic carbocycles. The maximum absolute atomic E-state index is 13.6. The van der Waals surface area contributed by atoms with Crippen LogP contribution in [0.3, 0.4) is 0 Å². The molecule has 248 valence electrons. The summed E-state index contributed by atoms with van der Waals surface area (Å²) in [4.78, 5) is 42.9. The van der Waals surface area contributed by atoms with Crippen LogP contribution in [0.2, 0.25) is 18.1 Å². The highest BCUT2D eigenvalue weighted by molar-refractivity contribution is 7.11. The van der Waals surface area contributed by atoms with E-state index in [-0.39, 0.29) is 23.0 Å². The molecule has 0 saturated carbocycles. The number of aromatic nitrogens is 1. The number of non-ortho nitro benzene ring substituents is 1. The number of hydrogen-bond donors (Lipinski definition) is 0. The lowest BCUT2D eigenvalue weighted by molar-refractivity contribution is -0.384. The van der Waals surface area contributed by atoms with Crippen LogP contribution in [0.1, 0.15) is 47.1 Å². The summed E-state index contributed by atoms with van der Waals surface area (Å²) in [6.07, 6.45) is -1.21. The number of rotatable bonds is 9. The molecule has 3 aromatic rings. The molecule has 0 aliphatic carbocycles. The van der Waals surface area contributed by atoms with Crippen molar-refractivity contribution in [1.29, 1.82) is 0 Å². The Balaban J connectivity index is 1.64. The van der Waals surface area contributed by atoms with Crippen molar-refractivity contribution in [3.8, 4) is 16.6 Å². The standard InChI is InChI=1S/C32H41N3O9SSi/c1-31(2,3)43-29(36)34-19-26(44-46(7,8)32(4,5)6)28(42-30(37)41-24-15-11-22(12-16-24)35(38)39)25(34)17-21-9-13-23(14-10-21)40-27-18-33-20-45-27/h9-16,18,20,25-26,28H,17,19H2,1-8H3/t25-,26+,28+/m1/s1. The zero-order valence-electron chi connectivity index (χ0n) is 27.3. The SMILES string of the molecule is CC(C)(C)OC(=O)N1C[C@H](O[Si](C)(C)C(C)(C)C)[C@@H](OC(=O)Oc2ccc([N+](=O)[O-])cc2)[C@H]1Cc1ccc(Oc2cncs2)cc1. The molecular formula is C32H41N3O9SSi. The number of nitro benzene ring substituents is 1. The number of likely N-dealkylation sites (tertiary alicyclic amines) is 1. The van der Waals surface area contributed by atoms with Gasteiger partial charge in [0.25, 0.3) is 5.69 Å². The first-order valence-electron chi connectivity index (χ1n) is 14.9. The minimum Gasteiger partial charge on any atom is -0.445 e. The smallest absolute Gasteiger partial charge is 0.445 e. The van der Waals surface area contributed by atoms with Gasteiger partial charge in [-0.3, -0.25) is 15.0 Å². The molecule has 2 heterocycles. The Morgan fingerprint density at radius 1 is 1.02 bits per heavy atom. The molecule has 46 heavy (non-hydrogen) atoms. The molecule has 1 amide bonds. The summed E-state index contributed by atoms with van der Waals surface area (Å²) in [7, 11) is -2.42. The summed E-state index contributed by atoms with van der Waals surface area (Å²) in [6, 6.07) is 11.9. The molecule has 1 fully saturated rings. The second kappa shape index (κ2) is 13.8. The summed E-state index contributed by atoms with van der Waals surface area (Å²) in [5.41, 5.74) is 1.64. The van der Waals surface area contributed by atoms with Crippen LogP contribution in [0.5, 0.6) is 16.6 Å². The summed E-state index contributed by atoms with van der Waals surface area (Å²) in [5, 5.41) is 11.5. The van der Waals surface area contributed by atoms with Crippen LogP contribution in [0.15, 0.2) is 60.2 Å². The lowest BCUT2D eigenvalue weighted by Gasteiger charge is -2.39. The van der Waals surface area contributed by atoms with Crippen LogP contribution < -0.4 is 9.47 Å². The van der Waals surface area contributed by atoms with Gasteiger partial charge in [0.1, 0.15) is 23.2 Å². The summed E-state index contributed by atoms with van der Waals surface area (Å²) in [5.74, 6) is 0.703. The Morgan fingerprint density at radius 3 is 2.20 bits per heavy atom. The van der Waals surface area contributed by atoms with Crippen molar-refractivity contribution >= 4 is 37.6 Å². The van der Waals surface area contributed by atoms with E-state index in [1.165, 1.54) is 35.6 Å². The summed E-state index contributed by atoms with van der Waals surface area (Å²) < 4.78 is 29.8. The zero-order chi connectivity index (χ0) is 33.9. The molecule has 1 aliphatic rings. The summed E-state index contributed by atoms with van der Waals surface area (Å²) >= 11 is 1.38. The average Bonchev–Trinajstić information content (AvgIpc) is 3.57. The zero-order valence-corrected chi connectivity index (χ0v) is 29.2. The molecule has 12 nitrogen and oxygen atoms in total. The number of amides is 1. The van der Waals surface area contributed by atoms with Gasteiger partial charge >= 0.3 is 12.2 Å². The molecule has 4 rings (SSSR count). The maximum Gasteiger partial charge on any atom is 0.514 e. The Hall–Kier alpha value is -4.01. The Kier molecular flexibility index (Phi) is 10.4. The molecule has 3 atom stereocenters. The fraction of sp³-hybridized carbons (Fsp3) is 0.469. The number of nitro groups is 1. The lowest BCUT2D eigenvalue weighted by atomic mass is 10.0. The van der Waals surface area contributed by atoms with Crippen molar-refractivity contribution in [2.24, 2.45) is 0 Å². The van der Waals surface area contributed by atoms with Crippen LogP contribution in [-0.4, -0.2) is 65.8 Å². The highest BCUT2D eigenvalue weighted by Crippen LogP contribution is 2.40. The van der Waals surface area contributed by atoms with Gasteiger partial charge in [-0.1, -0.05) is 44.2 Å². The number of ether oxygens (including phenoxy) is 4. The molecule has 0 bridgehead atoms. The third-order valence-corrected chi connectivity index (χ3v) is 13.0. The molecule has 0 unspecified atom stereocenters. The topological polar surface area (TPSA) is 140 Å². The van der Waals surface area contributed by atoms with Crippen LogP contribution in [-0.2, 0) is 20.3 Å². The monoisotopic (exact) mass is 671 g/mol. The van der Waals surface area contributed by atoms with Crippen molar-refractivity contribution in [2.45, 2.75) is 89.9 Å². The normalized spacial score (nSPS) is 18.6. The number of benzene rings is 2. The molecule has 1 aliphatic heterocycles. The van der Waals surface area contributed by atoms with Gasteiger partial charge in [-0.2, -0.15) is 0 Å². The van der Waals surface area contributed by atoms with Crippen LogP contribution >= 0.6 is 11.3 Å². The van der Waals surface area contributed by atoms with Crippen molar-refractivity contribution < 1.29 is 37.9 Å². The van der Waals surface area contributed by atoms with E-state index < -0.39 is 49.3 Å². The van der Waals surface area contributed by atoms with Crippen LogP contribution in [0, 0.1) is 10.1 Å². The van der Waals surface area contributed by atoms with Crippen molar-refractivity contribution in [2.75, 3.05) is 6.54 Å². The van der Waals surface area contributed by atoms with E-state index in [9.17, 15) is 19.7 Å². The van der Waals surface area contributed by atoms with E-state index in [0.29, 0.717) is 17.2 Å². The first-order valence-corrected chi connectivity index (χ1v) is 18.7. The van der Waals surface area contributed by atoms with Gasteiger partial charge in [0.15, 0.2) is 14.4 Å². The third kappa shape index (κ3) is 9.04. The molecule has 1 aromatic heterocycles. The number of thiazole rings is 1. The number of carbonyl (C=O) groups excluding carboxylic acids is 2. The highest BCUT2D eigenvalue weighted by Gasteiger charge is 2.52. The van der Waals surface area contributed by atoms with E-state index in [4.69, 9.17) is 23.4 Å². The predicted octanol–water partition coefficient (Wildman–Crippen LogP) is 7.98. The Labute approximate surface area is 273 Å². The Morgan fingerprint density at radius 2 is 1.65 bits per heavy atom. The number of carbonyl (C=O) groups is 2. The highest BCUT2D eigenvalue weighted by atomic mass is 32.1. The van der Waals surface area contributed by atoms with E-state index in [0.717, 1.165) is 5.56 Å². The molecule has 0 N–H and O–H groups in total. The van der Waals surface area contributed by atoms with Gasteiger partial charge in [0, 0.05) is 12.1 Å². The third-order valence-electron chi connectivity index (χ3n) is 7.88. The Bertz CT molecular complexity index is 1500. The van der Waals surface area contributed by atoms with Gasteiger partial charge in [-0.05, 0) is 75.2 Å². The predicted molar refractivity (Wildman–Crippen MR) is 175 cm³/mol. The average molecular weight is 672 g/mol. The van der Waals surface area contributed by atoms with E-state index >= 15 is 0 Å². The minimum atomic E-state index is -2.42. The molecular weight excluding hydrogens is 631 g/mol. The maximum atomic E-state index is 13.6. The first-order chi connectivity index (χ1) is 21.4. The van der Waals surface area contributed by atoms with Crippen LogP contribution in [0.4, 0.5) is 15.3 Å². The second-order valence-electron chi connectivity index (χ2n) is 13.6. The summed E-state index contributed by atoms with van der Waals surface area (Å²) in [6.45, 7) is 16.0. The largest absolute Gasteiger partial charge is 0.514 e. The first kappa shape index (κ1) is 34.9. The van der Waals surface area contributed by atoms with Gasteiger partial charge in [-0.25, -0.2) is 14.6 Å². The number of hydrogen-bond acceptors (Lipinski definition) is 11. The van der Waals surface area contributed by atoms with E-state index in [1.807, 2.05) is 24.3 Å². The fourth-order valence-corrected chi connectivity index (χ4v) is 6.41. The van der Waals surface area contributed by atoms with E-state index in [1.54, 1.807) is 37.4 Å². The quantitative estimate of drug-likeness (QED) is 0.0723. The van der Waals surface area contributed by atoms with Crippen molar-refractivity contribution in [3.05, 3.63) is 75.9 Å². The van der Waals surface area contributed by atoms with Gasteiger partial charge in [0.05, 0.1) is 29.2 Å². The van der Waals surface area contributed by atoms with Crippen molar-refractivity contribution in [1.82, 2.24) is 9.88 Å². The minimum absolute atomic E-state index is 0.0764. The molecule has 1 saturated heterocycles. The van der Waals surface area contributed by atoms with Crippen molar-refractivity contribution in [3.63, 3.8) is 0 Å². The van der Waals surface area contributed by atoms with Gasteiger partial charge in [-0.15, -0.1) is 0 Å². The second-order valence-corrected chi connectivity index (χ2v) is 19.2.